The number of nitrogens with two attached hydrogens (primary N) is 1. The first kappa shape index (κ1) is 16.1. The standard InChI is InChI=1S/C18H24N6/c1-22-13-9-20-17(22)7-11-24(16-5-3-15(19)4-6-16)12-8-18-21-10-14-23(18)2/h3-6,9-10,13-14H,7-8,11-12,19H2,1-2H3. The highest BCUT2D eigenvalue weighted by atomic mass is 15.1. The maximum atomic E-state index is 5.82. The van der Waals surface area contributed by atoms with Crippen molar-refractivity contribution in [2.24, 2.45) is 14.1 Å². The molecule has 2 N–H and O–H groups in total. The van der Waals surface area contributed by atoms with E-state index in [-0.39, 0.29) is 0 Å². The molecular formula is C18H24N6. The van der Waals surface area contributed by atoms with Gasteiger partial charge in [-0.1, -0.05) is 0 Å². The van der Waals surface area contributed by atoms with Crippen LogP contribution in [0.25, 0.3) is 0 Å². The lowest BCUT2D eigenvalue weighted by Gasteiger charge is -2.25. The minimum absolute atomic E-state index is 0.784. The molecule has 24 heavy (non-hydrogen) atoms. The van der Waals surface area contributed by atoms with Gasteiger partial charge in [-0.15, -0.1) is 0 Å². The molecule has 2 heterocycles. The predicted molar refractivity (Wildman–Crippen MR) is 96.9 cm³/mol. The quantitative estimate of drug-likeness (QED) is 0.675. The van der Waals surface area contributed by atoms with Crippen LogP contribution in [0.3, 0.4) is 0 Å². The zero-order chi connectivity index (χ0) is 16.9. The Morgan fingerprint density at radius 2 is 1.38 bits per heavy atom. The second kappa shape index (κ2) is 7.21. The SMILES string of the molecule is Cn1ccnc1CCN(CCc1nccn1C)c1ccc(N)cc1. The van der Waals surface area contributed by atoms with Crippen molar-refractivity contribution in [3.8, 4) is 0 Å². The maximum absolute atomic E-state index is 5.82. The van der Waals surface area contributed by atoms with Crippen molar-refractivity contribution < 1.29 is 0 Å². The van der Waals surface area contributed by atoms with Crippen molar-refractivity contribution in [2.45, 2.75) is 12.8 Å². The summed E-state index contributed by atoms with van der Waals surface area (Å²) in [5, 5.41) is 0. The van der Waals surface area contributed by atoms with Crippen LogP contribution in [0.2, 0.25) is 0 Å². The molecule has 0 spiro atoms. The van der Waals surface area contributed by atoms with E-state index in [0.717, 1.165) is 43.3 Å². The molecular weight excluding hydrogens is 300 g/mol. The van der Waals surface area contributed by atoms with Gasteiger partial charge in [0.05, 0.1) is 0 Å². The Balaban J connectivity index is 1.71. The van der Waals surface area contributed by atoms with E-state index in [9.17, 15) is 0 Å². The topological polar surface area (TPSA) is 64.9 Å². The largest absolute Gasteiger partial charge is 0.399 e. The molecule has 0 atom stereocenters. The van der Waals surface area contributed by atoms with E-state index in [4.69, 9.17) is 5.73 Å². The summed E-state index contributed by atoms with van der Waals surface area (Å²) in [5.74, 6) is 2.18. The normalized spacial score (nSPS) is 10.9. The van der Waals surface area contributed by atoms with E-state index in [1.807, 2.05) is 51.0 Å². The fraction of sp³-hybridized carbons (Fsp3) is 0.333. The lowest BCUT2D eigenvalue weighted by molar-refractivity contribution is 0.693. The van der Waals surface area contributed by atoms with Crippen LogP contribution in [0.15, 0.2) is 49.1 Å². The van der Waals surface area contributed by atoms with E-state index < -0.39 is 0 Å². The summed E-state index contributed by atoms with van der Waals surface area (Å²) >= 11 is 0. The Bertz CT molecular complexity index is 727. The van der Waals surface area contributed by atoms with Crippen LogP contribution >= 0.6 is 0 Å². The van der Waals surface area contributed by atoms with Crippen molar-refractivity contribution in [1.29, 1.82) is 0 Å². The minimum atomic E-state index is 0.784. The van der Waals surface area contributed by atoms with Crippen LogP contribution in [-0.4, -0.2) is 32.2 Å². The molecule has 3 aromatic rings. The average Bonchev–Trinajstić information content (AvgIpc) is 3.17. The third-order valence-electron chi connectivity index (χ3n) is 4.31. The fourth-order valence-electron chi connectivity index (χ4n) is 2.80. The molecule has 0 aliphatic carbocycles. The molecule has 0 unspecified atom stereocenters. The van der Waals surface area contributed by atoms with Crippen LogP contribution in [0.5, 0.6) is 0 Å². The number of imidazole rings is 2. The van der Waals surface area contributed by atoms with Crippen molar-refractivity contribution in [1.82, 2.24) is 19.1 Å². The molecule has 0 radical (unpaired) electrons. The Labute approximate surface area is 142 Å². The third-order valence-corrected chi connectivity index (χ3v) is 4.31. The molecule has 6 heteroatoms. The highest BCUT2D eigenvalue weighted by Crippen LogP contribution is 2.17. The monoisotopic (exact) mass is 324 g/mol. The summed E-state index contributed by atoms with van der Waals surface area (Å²) in [6.07, 6.45) is 9.45. The Kier molecular flexibility index (Phi) is 4.84. The fourth-order valence-corrected chi connectivity index (χ4v) is 2.80. The second-order valence-electron chi connectivity index (χ2n) is 5.99. The molecule has 3 rings (SSSR count). The van der Waals surface area contributed by atoms with Gasteiger partial charge in [-0.2, -0.15) is 0 Å². The molecule has 0 aliphatic rings. The summed E-state index contributed by atoms with van der Waals surface area (Å²) in [5.41, 5.74) is 7.78. The third kappa shape index (κ3) is 3.76. The summed E-state index contributed by atoms with van der Waals surface area (Å²) < 4.78 is 4.14. The number of nitrogen functional groups attached to an aromatic ring is 1. The first-order valence-corrected chi connectivity index (χ1v) is 8.16. The number of nitrogens with zero attached hydrogens (tertiary/aromatic N) is 5. The van der Waals surface area contributed by atoms with Gasteiger partial charge < -0.3 is 19.8 Å². The summed E-state index contributed by atoms with van der Waals surface area (Å²) in [7, 11) is 4.06. The number of anilines is 2. The van der Waals surface area contributed by atoms with Gasteiger partial charge in [-0.05, 0) is 24.3 Å². The second-order valence-corrected chi connectivity index (χ2v) is 5.99. The van der Waals surface area contributed by atoms with Gasteiger partial charge in [0.25, 0.3) is 0 Å². The van der Waals surface area contributed by atoms with Gasteiger partial charge in [-0.25, -0.2) is 9.97 Å². The van der Waals surface area contributed by atoms with E-state index in [1.54, 1.807) is 0 Å². The van der Waals surface area contributed by atoms with Gasteiger partial charge in [0.2, 0.25) is 0 Å². The lowest BCUT2D eigenvalue weighted by Crippen LogP contribution is -2.29. The van der Waals surface area contributed by atoms with Gasteiger partial charge in [0.15, 0.2) is 0 Å². The van der Waals surface area contributed by atoms with Gasteiger partial charge in [0, 0.05) is 76.2 Å². The zero-order valence-electron chi connectivity index (χ0n) is 14.3. The Morgan fingerprint density at radius 1 is 0.875 bits per heavy atom. The number of hydrogen-bond acceptors (Lipinski definition) is 4. The molecule has 0 bridgehead atoms. The molecule has 0 saturated heterocycles. The van der Waals surface area contributed by atoms with Crippen LogP contribution in [-0.2, 0) is 26.9 Å². The first-order valence-electron chi connectivity index (χ1n) is 8.16. The number of aromatic nitrogens is 4. The molecule has 0 amide bonds. The maximum Gasteiger partial charge on any atom is 0.110 e. The molecule has 6 nitrogen and oxygen atoms in total. The first-order chi connectivity index (χ1) is 11.6. The van der Waals surface area contributed by atoms with Crippen molar-refractivity contribution >= 4 is 11.4 Å². The van der Waals surface area contributed by atoms with Crippen LogP contribution in [0.1, 0.15) is 11.6 Å². The molecule has 2 aromatic heterocycles. The lowest BCUT2D eigenvalue weighted by atomic mass is 10.2. The molecule has 0 fully saturated rings. The predicted octanol–water partition coefficient (Wildman–Crippen LogP) is 2.03. The smallest absolute Gasteiger partial charge is 0.110 e. The molecule has 0 saturated carbocycles. The van der Waals surface area contributed by atoms with Gasteiger partial charge in [-0.3, -0.25) is 0 Å². The van der Waals surface area contributed by atoms with Crippen LogP contribution in [0, 0.1) is 0 Å². The number of hydrogen-bond donors (Lipinski definition) is 1. The van der Waals surface area contributed by atoms with Crippen molar-refractivity contribution in [3.05, 3.63) is 60.7 Å². The van der Waals surface area contributed by atoms with E-state index in [0.29, 0.717) is 0 Å². The van der Waals surface area contributed by atoms with Gasteiger partial charge >= 0.3 is 0 Å². The Morgan fingerprint density at radius 3 is 1.79 bits per heavy atom. The van der Waals surface area contributed by atoms with Crippen molar-refractivity contribution in [2.75, 3.05) is 23.7 Å². The summed E-state index contributed by atoms with van der Waals surface area (Å²) in [6, 6.07) is 8.05. The number of benzene rings is 1. The van der Waals surface area contributed by atoms with Crippen LogP contribution in [0.4, 0.5) is 11.4 Å². The van der Waals surface area contributed by atoms with Crippen molar-refractivity contribution in [3.63, 3.8) is 0 Å². The van der Waals surface area contributed by atoms with E-state index in [2.05, 4.69) is 36.1 Å². The minimum Gasteiger partial charge on any atom is -0.399 e. The molecule has 0 aliphatic heterocycles. The van der Waals surface area contributed by atoms with Gasteiger partial charge in [0.1, 0.15) is 11.6 Å². The number of rotatable bonds is 7. The summed E-state index contributed by atoms with van der Waals surface area (Å²) in [6.45, 7) is 1.80. The zero-order valence-corrected chi connectivity index (χ0v) is 14.3. The summed E-state index contributed by atoms with van der Waals surface area (Å²) in [4.78, 5) is 11.2. The highest BCUT2D eigenvalue weighted by Gasteiger charge is 2.10. The number of aryl methyl sites for hydroxylation is 2. The van der Waals surface area contributed by atoms with Crippen LogP contribution < -0.4 is 10.6 Å². The average molecular weight is 324 g/mol. The Hall–Kier alpha value is -2.76. The van der Waals surface area contributed by atoms with E-state index in [1.165, 1.54) is 5.69 Å². The molecule has 1 aromatic carbocycles. The highest BCUT2D eigenvalue weighted by molar-refractivity contribution is 5.53. The molecule has 126 valence electrons. The van der Waals surface area contributed by atoms with E-state index >= 15 is 0 Å².